The van der Waals surface area contributed by atoms with E-state index in [9.17, 15) is 9.59 Å². The lowest BCUT2D eigenvalue weighted by molar-refractivity contribution is -0.127. The smallest absolute Gasteiger partial charge is 0.260 e. The highest BCUT2D eigenvalue weighted by Gasteiger charge is 2.18. The van der Waals surface area contributed by atoms with Crippen LogP contribution in [0.3, 0.4) is 0 Å². The third-order valence-corrected chi connectivity index (χ3v) is 4.55. The van der Waals surface area contributed by atoms with E-state index in [-0.39, 0.29) is 11.8 Å². The fraction of sp³-hybridized carbons (Fsp3) is 0.300. The molecule has 25 heavy (non-hydrogen) atoms. The van der Waals surface area contributed by atoms with Gasteiger partial charge in [0.15, 0.2) is 12.4 Å². The molecule has 132 valence electrons. The maximum absolute atomic E-state index is 12.3. The predicted octanol–water partition coefficient (Wildman–Crippen LogP) is 4.34. The Hall–Kier alpha value is -2.14. The minimum atomic E-state index is -0.687. The van der Waals surface area contributed by atoms with E-state index < -0.39 is 6.10 Å². The highest BCUT2D eigenvalue weighted by molar-refractivity contribution is 9.10. The Morgan fingerprint density at radius 1 is 1.24 bits per heavy atom. The summed E-state index contributed by atoms with van der Waals surface area (Å²) >= 11 is 3.31. The highest BCUT2D eigenvalue weighted by Crippen LogP contribution is 2.23. The molecule has 2 atom stereocenters. The third-order valence-electron chi connectivity index (χ3n) is 4.06. The van der Waals surface area contributed by atoms with Crippen LogP contribution in [-0.4, -0.2) is 24.8 Å². The van der Waals surface area contributed by atoms with Crippen molar-refractivity contribution in [3.8, 4) is 5.75 Å². The molecular weight excluding hydrogens is 382 g/mol. The third kappa shape index (κ3) is 5.43. The first kappa shape index (κ1) is 19.2. The number of hydrogen-bond donors (Lipinski definition) is 1. The fourth-order valence-corrected chi connectivity index (χ4v) is 2.93. The van der Waals surface area contributed by atoms with Gasteiger partial charge in [0.05, 0.1) is 5.56 Å². The molecule has 0 bridgehead atoms. The van der Waals surface area contributed by atoms with Crippen molar-refractivity contribution in [2.24, 2.45) is 0 Å². The number of aldehydes is 1. The molecular formula is C20H22BrNO3. The van der Waals surface area contributed by atoms with Crippen LogP contribution in [0.15, 0.2) is 53.0 Å². The van der Waals surface area contributed by atoms with Crippen molar-refractivity contribution < 1.29 is 14.3 Å². The average molecular weight is 404 g/mol. The molecule has 0 saturated heterocycles. The first-order valence-electron chi connectivity index (χ1n) is 8.29. The van der Waals surface area contributed by atoms with Crippen molar-refractivity contribution in [3.63, 3.8) is 0 Å². The molecule has 0 unspecified atom stereocenters. The molecule has 0 heterocycles. The minimum Gasteiger partial charge on any atom is -0.480 e. The lowest BCUT2D eigenvalue weighted by Gasteiger charge is -2.19. The first-order chi connectivity index (χ1) is 12.0. The molecule has 0 saturated carbocycles. The number of nitrogens with one attached hydrogen (secondary N) is 1. The number of carbonyl (C=O) groups is 2. The topological polar surface area (TPSA) is 55.4 Å². The monoisotopic (exact) mass is 403 g/mol. The van der Waals surface area contributed by atoms with Crippen molar-refractivity contribution >= 4 is 28.1 Å². The second-order valence-electron chi connectivity index (χ2n) is 5.82. The van der Waals surface area contributed by atoms with Crippen LogP contribution in [0.2, 0.25) is 0 Å². The Bertz CT molecular complexity index is 718. The lowest BCUT2D eigenvalue weighted by atomic mass is 9.96. The van der Waals surface area contributed by atoms with Gasteiger partial charge in [-0.05, 0) is 37.1 Å². The Balaban J connectivity index is 1.95. The molecule has 0 spiro atoms. The summed E-state index contributed by atoms with van der Waals surface area (Å²) in [7, 11) is 0. The zero-order chi connectivity index (χ0) is 18.2. The van der Waals surface area contributed by atoms with Gasteiger partial charge in [-0.15, -0.1) is 0 Å². The summed E-state index contributed by atoms with van der Waals surface area (Å²) in [5, 5.41) is 2.94. The molecule has 2 aromatic carbocycles. The number of amides is 1. The van der Waals surface area contributed by atoms with Crippen LogP contribution in [-0.2, 0) is 4.79 Å². The Kier molecular flexibility index (Phi) is 7.19. The Morgan fingerprint density at radius 2 is 1.96 bits per heavy atom. The van der Waals surface area contributed by atoms with Gasteiger partial charge in [0.2, 0.25) is 0 Å². The molecule has 0 fully saturated rings. The minimum absolute atomic E-state index is 0.200. The molecule has 1 amide bonds. The molecule has 4 nitrogen and oxygen atoms in total. The van der Waals surface area contributed by atoms with Gasteiger partial charge >= 0.3 is 0 Å². The van der Waals surface area contributed by atoms with Crippen LogP contribution in [0.1, 0.15) is 42.1 Å². The molecule has 0 aliphatic heterocycles. The van der Waals surface area contributed by atoms with E-state index in [1.54, 1.807) is 25.1 Å². The van der Waals surface area contributed by atoms with E-state index in [1.165, 1.54) is 5.56 Å². The lowest BCUT2D eigenvalue weighted by Crippen LogP contribution is -2.38. The van der Waals surface area contributed by atoms with Gasteiger partial charge in [-0.3, -0.25) is 9.59 Å². The van der Waals surface area contributed by atoms with Gasteiger partial charge < -0.3 is 10.1 Å². The zero-order valence-electron chi connectivity index (χ0n) is 14.4. The standard InChI is InChI=1S/C20H22BrNO3/c1-3-15(16-7-5-4-6-8-16)12-22-20(24)14(2)25-19-10-9-18(21)11-17(19)13-23/h4-11,13-15H,3,12H2,1-2H3,(H,22,24)/t14-,15+/m1/s1. The van der Waals surface area contributed by atoms with E-state index >= 15 is 0 Å². The number of benzene rings is 2. The second-order valence-corrected chi connectivity index (χ2v) is 6.74. The quantitative estimate of drug-likeness (QED) is 0.666. The molecule has 0 aromatic heterocycles. The molecule has 1 N–H and O–H groups in total. The summed E-state index contributed by atoms with van der Waals surface area (Å²) in [6.07, 6.45) is 0.961. The van der Waals surface area contributed by atoms with E-state index in [0.29, 0.717) is 24.1 Å². The van der Waals surface area contributed by atoms with Crippen LogP contribution < -0.4 is 10.1 Å². The summed E-state index contributed by atoms with van der Waals surface area (Å²) < 4.78 is 6.45. The average Bonchev–Trinajstić information content (AvgIpc) is 2.64. The van der Waals surface area contributed by atoms with E-state index in [2.05, 4.69) is 40.3 Å². The van der Waals surface area contributed by atoms with Gasteiger partial charge in [-0.25, -0.2) is 0 Å². The molecule has 5 heteroatoms. The van der Waals surface area contributed by atoms with Gasteiger partial charge in [-0.2, -0.15) is 0 Å². The number of rotatable bonds is 8. The van der Waals surface area contributed by atoms with Crippen LogP contribution in [0.5, 0.6) is 5.75 Å². The van der Waals surface area contributed by atoms with Crippen molar-refractivity contribution in [1.29, 1.82) is 0 Å². The van der Waals surface area contributed by atoms with Crippen LogP contribution in [0, 0.1) is 0 Å². The Morgan fingerprint density at radius 3 is 2.60 bits per heavy atom. The van der Waals surface area contributed by atoms with Crippen LogP contribution in [0.25, 0.3) is 0 Å². The SMILES string of the molecule is CC[C@@H](CNC(=O)[C@@H](C)Oc1ccc(Br)cc1C=O)c1ccccc1. The molecule has 0 aliphatic rings. The van der Waals surface area contributed by atoms with Crippen LogP contribution >= 0.6 is 15.9 Å². The second kappa shape index (κ2) is 9.37. The number of hydrogen-bond acceptors (Lipinski definition) is 3. The summed E-state index contributed by atoms with van der Waals surface area (Å²) in [6, 6.07) is 15.2. The molecule has 0 aliphatic carbocycles. The van der Waals surface area contributed by atoms with Gasteiger partial charge in [0.25, 0.3) is 5.91 Å². The normalized spacial score (nSPS) is 12.9. The summed E-state index contributed by atoms with van der Waals surface area (Å²) in [6.45, 7) is 4.32. The fourth-order valence-electron chi connectivity index (χ4n) is 2.55. The van der Waals surface area contributed by atoms with Crippen molar-refractivity contribution in [2.45, 2.75) is 32.3 Å². The van der Waals surface area contributed by atoms with Gasteiger partial charge in [-0.1, -0.05) is 53.2 Å². The molecule has 0 radical (unpaired) electrons. The summed E-state index contributed by atoms with van der Waals surface area (Å²) in [5.74, 6) is 0.459. The van der Waals surface area contributed by atoms with E-state index in [4.69, 9.17) is 4.74 Å². The van der Waals surface area contributed by atoms with Crippen molar-refractivity contribution in [2.75, 3.05) is 6.54 Å². The zero-order valence-corrected chi connectivity index (χ0v) is 16.0. The largest absolute Gasteiger partial charge is 0.480 e. The van der Waals surface area contributed by atoms with E-state index in [0.717, 1.165) is 10.9 Å². The summed E-state index contributed by atoms with van der Waals surface area (Å²) in [5.41, 5.74) is 1.61. The number of carbonyl (C=O) groups excluding carboxylic acids is 2. The predicted molar refractivity (Wildman–Crippen MR) is 102 cm³/mol. The van der Waals surface area contributed by atoms with Crippen molar-refractivity contribution in [1.82, 2.24) is 5.32 Å². The maximum Gasteiger partial charge on any atom is 0.260 e. The van der Waals surface area contributed by atoms with E-state index in [1.807, 2.05) is 18.2 Å². The van der Waals surface area contributed by atoms with Crippen LogP contribution in [0.4, 0.5) is 0 Å². The molecule has 2 aromatic rings. The molecule has 2 rings (SSSR count). The number of ether oxygens (including phenoxy) is 1. The number of halogens is 1. The van der Waals surface area contributed by atoms with Gasteiger partial charge in [0, 0.05) is 16.9 Å². The van der Waals surface area contributed by atoms with Crippen molar-refractivity contribution in [3.05, 3.63) is 64.1 Å². The first-order valence-corrected chi connectivity index (χ1v) is 9.08. The highest BCUT2D eigenvalue weighted by atomic mass is 79.9. The summed E-state index contributed by atoms with van der Waals surface area (Å²) in [4.78, 5) is 23.5. The maximum atomic E-state index is 12.3. The van der Waals surface area contributed by atoms with Gasteiger partial charge in [0.1, 0.15) is 5.75 Å². The Labute approximate surface area is 156 Å².